The molecule has 0 saturated carbocycles. The molecule has 0 radical (unpaired) electrons. The van der Waals surface area contributed by atoms with E-state index >= 15 is 0 Å². The maximum Gasteiger partial charge on any atom is 0.337 e. The number of ether oxygens (including phenoxy) is 1. The van der Waals surface area contributed by atoms with Crippen molar-refractivity contribution < 1.29 is 18.7 Å². The van der Waals surface area contributed by atoms with Gasteiger partial charge in [0.25, 0.3) is 5.91 Å². The fourth-order valence-electron chi connectivity index (χ4n) is 4.08. The molecule has 5 rings (SSSR count). The second kappa shape index (κ2) is 7.67. The molecule has 7 nitrogen and oxygen atoms in total. The van der Waals surface area contributed by atoms with Crippen LogP contribution in [0.25, 0.3) is 11.0 Å². The second-order valence-corrected chi connectivity index (χ2v) is 9.18. The standard InChI is InChI=1S/C25H20N2O5S/c1-12-5-10-18-17(11-12)21(28)19-20(15-6-8-16(9-7-15)24(30)31-4)27(23(29)22(19)32-18)25-26-13(2)14(3)33-25/h5-11,20H,1-4H3/t20-/m1/s1. The third kappa shape index (κ3) is 3.25. The molecule has 166 valence electrons. The Morgan fingerprint density at radius 1 is 1.09 bits per heavy atom. The number of benzene rings is 2. The summed E-state index contributed by atoms with van der Waals surface area (Å²) in [5, 5.41) is 0.911. The van der Waals surface area contributed by atoms with Gasteiger partial charge in [-0.25, -0.2) is 9.78 Å². The predicted molar refractivity (Wildman–Crippen MR) is 125 cm³/mol. The van der Waals surface area contributed by atoms with Crippen molar-refractivity contribution in [1.29, 1.82) is 0 Å². The quantitative estimate of drug-likeness (QED) is 0.411. The molecule has 4 aromatic rings. The summed E-state index contributed by atoms with van der Waals surface area (Å²) in [4.78, 5) is 46.2. The van der Waals surface area contributed by atoms with Crippen molar-refractivity contribution in [1.82, 2.24) is 4.98 Å². The van der Waals surface area contributed by atoms with Gasteiger partial charge in [0.1, 0.15) is 5.58 Å². The number of thiazole rings is 1. The Labute approximate surface area is 193 Å². The highest BCUT2D eigenvalue weighted by Crippen LogP contribution is 2.43. The summed E-state index contributed by atoms with van der Waals surface area (Å²) in [6.07, 6.45) is 0. The summed E-state index contributed by atoms with van der Waals surface area (Å²) in [5.74, 6) is -0.863. The van der Waals surface area contributed by atoms with E-state index in [2.05, 4.69) is 4.98 Å². The molecule has 1 aliphatic heterocycles. The van der Waals surface area contributed by atoms with Crippen LogP contribution in [0.2, 0.25) is 0 Å². The number of rotatable bonds is 3. The van der Waals surface area contributed by atoms with E-state index in [-0.39, 0.29) is 16.8 Å². The van der Waals surface area contributed by atoms with Gasteiger partial charge in [0.2, 0.25) is 5.76 Å². The van der Waals surface area contributed by atoms with Crippen molar-refractivity contribution in [2.24, 2.45) is 0 Å². The van der Waals surface area contributed by atoms with Gasteiger partial charge in [-0.1, -0.05) is 23.8 Å². The van der Waals surface area contributed by atoms with Gasteiger partial charge in [0.05, 0.1) is 35.4 Å². The molecule has 0 fully saturated rings. The fourth-order valence-corrected chi connectivity index (χ4v) is 5.01. The summed E-state index contributed by atoms with van der Waals surface area (Å²) >= 11 is 1.38. The molecule has 0 bridgehead atoms. The summed E-state index contributed by atoms with van der Waals surface area (Å²) in [5.41, 5.74) is 3.16. The van der Waals surface area contributed by atoms with E-state index in [1.54, 1.807) is 36.4 Å². The molecule has 3 heterocycles. The van der Waals surface area contributed by atoms with Crippen molar-refractivity contribution in [3.63, 3.8) is 0 Å². The van der Waals surface area contributed by atoms with Crippen LogP contribution in [0.15, 0.2) is 51.7 Å². The van der Waals surface area contributed by atoms with Gasteiger partial charge in [-0.15, -0.1) is 11.3 Å². The summed E-state index contributed by atoms with van der Waals surface area (Å²) in [7, 11) is 1.31. The van der Waals surface area contributed by atoms with Crippen LogP contribution in [0.1, 0.15) is 54.2 Å². The first-order valence-corrected chi connectivity index (χ1v) is 11.1. The number of carbonyl (C=O) groups is 2. The van der Waals surface area contributed by atoms with Crippen LogP contribution in [0, 0.1) is 20.8 Å². The van der Waals surface area contributed by atoms with Crippen LogP contribution in [0.4, 0.5) is 5.13 Å². The fraction of sp³-hybridized carbons (Fsp3) is 0.200. The number of nitrogens with zero attached hydrogens (tertiary/aromatic N) is 2. The highest BCUT2D eigenvalue weighted by molar-refractivity contribution is 7.15. The molecule has 1 aliphatic rings. The molecule has 2 aromatic carbocycles. The smallest absolute Gasteiger partial charge is 0.337 e. The zero-order chi connectivity index (χ0) is 23.4. The zero-order valence-corrected chi connectivity index (χ0v) is 19.3. The minimum Gasteiger partial charge on any atom is -0.465 e. The van der Waals surface area contributed by atoms with Gasteiger partial charge in [-0.3, -0.25) is 14.5 Å². The van der Waals surface area contributed by atoms with Crippen molar-refractivity contribution in [2.45, 2.75) is 26.8 Å². The highest BCUT2D eigenvalue weighted by Gasteiger charge is 2.45. The number of aromatic nitrogens is 1. The Morgan fingerprint density at radius 2 is 1.82 bits per heavy atom. The lowest BCUT2D eigenvalue weighted by atomic mass is 9.97. The minimum atomic E-state index is -0.731. The number of amides is 1. The van der Waals surface area contributed by atoms with Crippen LogP contribution < -0.4 is 10.3 Å². The molecule has 0 aliphatic carbocycles. The average Bonchev–Trinajstić information content (AvgIpc) is 3.29. The Balaban J connectivity index is 1.77. The Morgan fingerprint density at radius 3 is 2.45 bits per heavy atom. The first kappa shape index (κ1) is 21.1. The van der Waals surface area contributed by atoms with E-state index in [4.69, 9.17) is 9.15 Å². The molecule has 1 atom stereocenters. The van der Waals surface area contributed by atoms with Crippen LogP contribution in [0.3, 0.4) is 0 Å². The van der Waals surface area contributed by atoms with E-state index in [9.17, 15) is 14.4 Å². The largest absolute Gasteiger partial charge is 0.465 e. The summed E-state index contributed by atoms with van der Waals surface area (Å²) in [6, 6.07) is 11.3. The molecular formula is C25H20N2O5S. The van der Waals surface area contributed by atoms with Gasteiger partial charge in [0, 0.05) is 4.88 Å². The number of hydrogen-bond acceptors (Lipinski definition) is 7. The third-order valence-electron chi connectivity index (χ3n) is 5.90. The number of aryl methyl sites for hydroxylation is 3. The van der Waals surface area contributed by atoms with Crippen molar-refractivity contribution in [3.05, 3.63) is 91.3 Å². The number of esters is 1. The topological polar surface area (TPSA) is 89.7 Å². The molecule has 8 heteroatoms. The monoisotopic (exact) mass is 460 g/mol. The van der Waals surface area contributed by atoms with Gasteiger partial charge in [0.15, 0.2) is 10.6 Å². The van der Waals surface area contributed by atoms with Crippen molar-refractivity contribution in [3.8, 4) is 0 Å². The lowest BCUT2D eigenvalue weighted by Gasteiger charge is -2.22. The lowest BCUT2D eigenvalue weighted by Crippen LogP contribution is -2.29. The first-order valence-electron chi connectivity index (χ1n) is 10.3. The van der Waals surface area contributed by atoms with Crippen molar-refractivity contribution in [2.75, 3.05) is 12.0 Å². The van der Waals surface area contributed by atoms with Crippen molar-refractivity contribution >= 4 is 39.3 Å². The molecule has 0 saturated heterocycles. The SMILES string of the molecule is COC(=O)c1ccc([C@@H]2c3c(oc4ccc(C)cc4c3=O)C(=O)N2c2nc(C)c(C)s2)cc1. The average molecular weight is 461 g/mol. The molecule has 0 unspecified atom stereocenters. The molecule has 2 aromatic heterocycles. The van der Waals surface area contributed by atoms with Gasteiger partial charge in [-0.05, 0) is 50.6 Å². The Bertz CT molecular complexity index is 1480. The maximum atomic E-state index is 13.6. The summed E-state index contributed by atoms with van der Waals surface area (Å²) < 4.78 is 10.8. The Kier molecular flexibility index (Phi) is 4.90. The first-order chi connectivity index (χ1) is 15.8. The van der Waals surface area contributed by atoms with Crippen LogP contribution in [0.5, 0.6) is 0 Å². The zero-order valence-electron chi connectivity index (χ0n) is 18.5. The number of fused-ring (bicyclic) bond motifs is 2. The highest BCUT2D eigenvalue weighted by atomic mass is 32.1. The number of anilines is 1. The number of carbonyl (C=O) groups excluding carboxylic acids is 2. The van der Waals surface area contributed by atoms with Gasteiger partial charge in [-0.2, -0.15) is 0 Å². The van der Waals surface area contributed by atoms with Gasteiger partial charge < -0.3 is 9.15 Å². The van der Waals surface area contributed by atoms with Crippen LogP contribution >= 0.6 is 11.3 Å². The summed E-state index contributed by atoms with van der Waals surface area (Å²) in [6.45, 7) is 5.71. The minimum absolute atomic E-state index is 0.0175. The van der Waals surface area contributed by atoms with E-state index in [0.717, 1.165) is 16.1 Å². The lowest BCUT2D eigenvalue weighted by molar-refractivity contribution is 0.0600. The van der Waals surface area contributed by atoms with Gasteiger partial charge >= 0.3 is 5.97 Å². The number of hydrogen-bond donors (Lipinski definition) is 0. The molecule has 33 heavy (non-hydrogen) atoms. The van der Waals surface area contributed by atoms with E-state index < -0.39 is 17.9 Å². The van der Waals surface area contributed by atoms with E-state index in [1.807, 2.05) is 26.8 Å². The Hall–Kier alpha value is -3.78. The molecule has 1 amide bonds. The van der Waals surface area contributed by atoms with E-state index in [0.29, 0.717) is 27.2 Å². The maximum absolute atomic E-state index is 13.6. The third-order valence-corrected chi connectivity index (χ3v) is 6.97. The second-order valence-electron chi connectivity index (χ2n) is 8.00. The number of methoxy groups -OCH3 is 1. The molecule has 0 N–H and O–H groups in total. The molecular weight excluding hydrogens is 440 g/mol. The van der Waals surface area contributed by atoms with Crippen LogP contribution in [-0.2, 0) is 4.74 Å². The normalized spacial score (nSPS) is 15.2. The predicted octanol–water partition coefficient (Wildman–Crippen LogP) is 4.71. The van der Waals surface area contributed by atoms with E-state index in [1.165, 1.54) is 23.3 Å². The van der Waals surface area contributed by atoms with Crippen LogP contribution in [-0.4, -0.2) is 24.0 Å². The molecule has 0 spiro atoms.